The molecule has 69 valence electrons. The van der Waals surface area contributed by atoms with E-state index >= 15 is 0 Å². The number of benzene rings is 1. The molecule has 0 aliphatic carbocycles. The van der Waals surface area contributed by atoms with Gasteiger partial charge in [0.1, 0.15) is 5.78 Å². The van der Waals surface area contributed by atoms with E-state index < -0.39 is 0 Å². The van der Waals surface area contributed by atoms with E-state index in [0.29, 0.717) is 18.6 Å². The minimum absolute atomic E-state index is 0. The van der Waals surface area contributed by atoms with Gasteiger partial charge in [-0.2, -0.15) is 0 Å². The Bertz CT molecular complexity index is 289. The fourth-order valence-electron chi connectivity index (χ4n) is 1.60. The Hall–Kier alpha value is -0.713. The summed E-state index contributed by atoms with van der Waals surface area (Å²) in [5.74, 6) is 0.388. The normalized spacial score (nSPS) is 16.3. The summed E-state index contributed by atoms with van der Waals surface area (Å²) in [7, 11) is 0. The van der Waals surface area contributed by atoms with Gasteiger partial charge < -0.3 is 4.90 Å². The number of hydrogen-bond donors (Lipinski definition) is 0. The molecule has 1 radical (unpaired) electrons. The number of carbonyl (C=O) groups is 1. The fourth-order valence-corrected chi connectivity index (χ4v) is 1.60. The molecule has 1 aliphatic rings. The van der Waals surface area contributed by atoms with Crippen LogP contribution in [0.1, 0.15) is 12.8 Å². The van der Waals surface area contributed by atoms with Crippen molar-refractivity contribution >= 4 is 30.3 Å². The molecular weight excluding hydrogens is 169 g/mol. The second-order valence-corrected chi connectivity index (χ2v) is 3.28. The second kappa shape index (κ2) is 5.24. The Labute approximate surface area is 96.5 Å². The molecule has 1 aliphatic heterocycles. The summed E-state index contributed by atoms with van der Waals surface area (Å²) >= 11 is 0. The van der Waals surface area contributed by atoms with Gasteiger partial charge in [0.05, 0.1) is 0 Å². The second-order valence-electron chi connectivity index (χ2n) is 3.28. The molecule has 0 bridgehead atoms. The van der Waals surface area contributed by atoms with Crippen molar-refractivity contribution in [2.45, 2.75) is 12.8 Å². The summed E-state index contributed by atoms with van der Waals surface area (Å²) in [6.07, 6.45) is 1.39. The first-order chi connectivity index (χ1) is 6.36. The molecule has 0 atom stereocenters. The van der Waals surface area contributed by atoms with Crippen molar-refractivity contribution in [3.63, 3.8) is 0 Å². The van der Waals surface area contributed by atoms with Crippen LogP contribution in [0.4, 0.5) is 5.69 Å². The Morgan fingerprint density at radius 1 is 1.14 bits per heavy atom. The Kier molecular flexibility index (Phi) is 4.25. The molecule has 0 N–H and O–H groups in total. The summed E-state index contributed by atoms with van der Waals surface area (Å²) in [4.78, 5) is 13.3. The summed E-state index contributed by atoms with van der Waals surface area (Å²) in [6.45, 7) is 1.73. The molecular formula is C11H13LiNO. The Morgan fingerprint density at radius 3 is 2.29 bits per heavy atom. The molecule has 1 aromatic rings. The van der Waals surface area contributed by atoms with Crippen LogP contribution in [-0.4, -0.2) is 37.7 Å². The van der Waals surface area contributed by atoms with Gasteiger partial charge in [-0.1, -0.05) is 12.1 Å². The van der Waals surface area contributed by atoms with Gasteiger partial charge >= 0.3 is 18.9 Å². The summed E-state index contributed by atoms with van der Waals surface area (Å²) in [6, 6.07) is 10.9. The van der Waals surface area contributed by atoms with Gasteiger partial charge in [0, 0.05) is 31.6 Å². The van der Waals surface area contributed by atoms with Crippen molar-refractivity contribution in [1.29, 1.82) is 0 Å². The Morgan fingerprint density at radius 2 is 1.71 bits per heavy atom. The molecule has 0 saturated carbocycles. The quantitative estimate of drug-likeness (QED) is 0.604. The van der Waals surface area contributed by atoms with E-state index in [1.54, 1.807) is 0 Å². The van der Waals surface area contributed by atoms with Gasteiger partial charge in [0.25, 0.3) is 0 Å². The third-order valence-corrected chi connectivity index (χ3v) is 2.39. The first-order valence-corrected chi connectivity index (χ1v) is 4.59. The van der Waals surface area contributed by atoms with E-state index in [2.05, 4.69) is 11.0 Å². The van der Waals surface area contributed by atoms with Crippen LogP contribution in [-0.2, 0) is 4.79 Å². The van der Waals surface area contributed by atoms with Crippen molar-refractivity contribution in [1.82, 2.24) is 0 Å². The molecule has 0 aromatic heterocycles. The predicted octanol–water partition coefficient (Wildman–Crippen LogP) is 1.01. The number of hydrogen-bond acceptors (Lipinski definition) is 2. The minimum atomic E-state index is 0. The average molecular weight is 182 g/mol. The van der Waals surface area contributed by atoms with Crippen molar-refractivity contribution in [2.75, 3.05) is 18.0 Å². The molecule has 1 aromatic carbocycles. The van der Waals surface area contributed by atoms with Crippen molar-refractivity contribution < 1.29 is 4.79 Å². The third kappa shape index (κ3) is 2.64. The maximum absolute atomic E-state index is 11.0. The predicted molar refractivity (Wildman–Crippen MR) is 58.9 cm³/mol. The summed E-state index contributed by atoms with van der Waals surface area (Å²) < 4.78 is 0. The SMILES string of the molecule is O=C1CCN(c2cc[c]cc2)CC1.[LiH]. The van der Waals surface area contributed by atoms with Crippen LogP contribution in [0.2, 0.25) is 0 Å². The van der Waals surface area contributed by atoms with Gasteiger partial charge in [0.2, 0.25) is 0 Å². The first-order valence-electron chi connectivity index (χ1n) is 4.59. The molecule has 2 rings (SSSR count). The average Bonchev–Trinajstić information content (AvgIpc) is 2.20. The molecule has 1 fully saturated rings. The number of rotatable bonds is 1. The molecule has 0 amide bonds. The first kappa shape index (κ1) is 11.4. The van der Waals surface area contributed by atoms with E-state index in [0.717, 1.165) is 13.1 Å². The monoisotopic (exact) mass is 182 g/mol. The fraction of sp³-hybridized carbons (Fsp3) is 0.364. The van der Waals surface area contributed by atoms with E-state index in [1.165, 1.54) is 5.69 Å². The molecule has 14 heavy (non-hydrogen) atoms. The van der Waals surface area contributed by atoms with Gasteiger partial charge in [-0.15, -0.1) is 0 Å². The number of nitrogens with zero attached hydrogens (tertiary/aromatic N) is 1. The van der Waals surface area contributed by atoms with Crippen molar-refractivity contribution in [3.8, 4) is 0 Å². The summed E-state index contributed by atoms with van der Waals surface area (Å²) in [5.41, 5.74) is 1.20. The zero-order valence-corrected chi connectivity index (χ0v) is 7.49. The van der Waals surface area contributed by atoms with Crippen molar-refractivity contribution in [3.05, 3.63) is 30.3 Å². The maximum atomic E-state index is 11.0. The Balaban J connectivity index is 0.000000980. The van der Waals surface area contributed by atoms with Crippen LogP contribution < -0.4 is 4.90 Å². The van der Waals surface area contributed by atoms with Gasteiger partial charge in [-0.3, -0.25) is 4.79 Å². The number of ketones is 1. The molecule has 1 heterocycles. The number of Topliss-reactive ketones (excluding diaryl/α,β-unsaturated/α-hetero) is 1. The van der Waals surface area contributed by atoms with Gasteiger partial charge in [0.15, 0.2) is 0 Å². The number of anilines is 1. The van der Waals surface area contributed by atoms with Crippen LogP contribution in [0.3, 0.4) is 0 Å². The van der Waals surface area contributed by atoms with Crippen LogP contribution >= 0.6 is 0 Å². The zero-order chi connectivity index (χ0) is 9.10. The standard InChI is InChI=1S/C11H12NO.Li.H/c13-11-6-8-12(9-7-11)10-4-2-1-3-5-10;;/h2-5H,6-9H2;;. The van der Waals surface area contributed by atoms with Crippen LogP contribution in [0.5, 0.6) is 0 Å². The van der Waals surface area contributed by atoms with Crippen LogP contribution in [0.25, 0.3) is 0 Å². The molecule has 2 nitrogen and oxygen atoms in total. The molecule has 0 unspecified atom stereocenters. The van der Waals surface area contributed by atoms with Crippen molar-refractivity contribution in [2.24, 2.45) is 0 Å². The van der Waals surface area contributed by atoms with Crippen LogP contribution in [0.15, 0.2) is 24.3 Å². The van der Waals surface area contributed by atoms with Gasteiger partial charge in [-0.05, 0) is 18.2 Å². The van der Waals surface area contributed by atoms with Gasteiger partial charge in [-0.25, -0.2) is 0 Å². The summed E-state index contributed by atoms with van der Waals surface area (Å²) in [5, 5.41) is 0. The van der Waals surface area contributed by atoms with E-state index in [4.69, 9.17) is 0 Å². The van der Waals surface area contributed by atoms with E-state index in [1.807, 2.05) is 24.3 Å². The van der Waals surface area contributed by atoms with Crippen LogP contribution in [0, 0.1) is 6.07 Å². The molecule has 3 heteroatoms. The zero-order valence-electron chi connectivity index (χ0n) is 7.49. The topological polar surface area (TPSA) is 20.3 Å². The molecule has 1 saturated heterocycles. The molecule has 0 spiro atoms. The van der Waals surface area contributed by atoms with E-state index in [-0.39, 0.29) is 18.9 Å². The number of carbonyl (C=O) groups excluding carboxylic acids is 1. The number of piperidine rings is 1. The van der Waals surface area contributed by atoms with E-state index in [9.17, 15) is 4.79 Å². The third-order valence-electron chi connectivity index (χ3n) is 2.39.